The molecule has 0 fully saturated rings. The van der Waals surface area contributed by atoms with E-state index in [9.17, 15) is 0 Å². The van der Waals surface area contributed by atoms with Crippen molar-refractivity contribution in [3.63, 3.8) is 0 Å². The molecular weight excluding hydrogens is 156 g/mol. The molecule has 26 valence electrons. The molecule has 0 saturated carbocycles. The number of hydrogen-bond donors (Lipinski definition) is 0. The molecule has 0 spiro atoms. The summed E-state index contributed by atoms with van der Waals surface area (Å²) in [6.07, 6.45) is 0. The second-order valence-corrected chi connectivity index (χ2v) is 0. The molecule has 0 aliphatic carbocycles. The molecule has 0 aromatic rings. The van der Waals surface area contributed by atoms with Crippen LogP contribution in [0, 0.1) is 0 Å². The van der Waals surface area contributed by atoms with Gasteiger partial charge in [-0.15, -0.1) is 0 Å². The third-order valence-electron chi connectivity index (χ3n) is 0. The van der Waals surface area contributed by atoms with Gasteiger partial charge in [0.15, 0.2) is 0 Å². The Morgan fingerprint density at radius 1 is 0.750 bits per heavy atom. The predicted molar refractivity (Wildman–Crippen MR) is 3.87 cm³/mol. The minimum Gasteiger partial charge on any atom is -0.870 e. The zero-order valence-corrected chi connectivity index (χ0v) is 5.87. The summed E-state index contributed by atoms with van der Waals surface area (Å²) in [7, 11) is 0. The molecule has 0 heterocycles. The van der Waals surface area contributed by atoms with Crippen molar-refractivity contribution >= 4 is 0 Å². The van der Waals surface area contributed by atoms with E-state index in [0.717, 1.165) is 0 Å². The second-order valence-electron chi connectivity index (χ2n) is 0. The van der Waals surface area contributed by atoms with E-state index in [2.05, 4.69) is 0 Å². The van der Waals surface area contributed by atoms with Gasteiger partial charge in [0, 0.05) is 19.5 Å². The van der Waals surface area contributed by atoms with Crippen molar-refractivity contribution in [1.82, 2.24) is 0 Å². The number of hydrogen-bond acceptors (Lipinski definition) is 2. The Hall–Kier alpha value is 1.04. The zero-order chi connectivity index (χ0) is 0. The monoisotopic (exact) mass is 156 g/mol. The Morgan fingerprint density at radius 3 is 0.750 bits per heavy atom. The van der Waals surface area contributed by atoms with Crippen LogP contribution in [0.5, 0.6) is 0 Å². The van der Waals surface area contributed by atoms with E-state index in [1.54, 1.807) is 0 Å². The van der Waals surface area contributed by atoms with Gasteiger partial charge in [-0.3, -0.25) is 0 Å². The van der Waals surface area contributed by atoms with Gasteiger partial charge in [0.25, 0.3) is 0 Å². The molecule has 0 atom stereocenters. The Bertz CT molecular complexity index is 6.00. The minimum absolute atomic E-state index is 0. The summed E-state index contributed by atoms with van der Waals surface area (Å²) in [6.45, 7) is 0. The molecule has 0 bridgehead atoms. The standard InChI is InChI=1S/Ni.2H2O.Zn/h;2*1H2;/q+2;;;/p-2. The zero-order valence-electron chi connectivity index (χ0n) is 1.92. The first-order valence-corrected chi connectivity index (χ1v) is 0. The second kappa shape index (κ2) is 34.6. The Morgan fingerprint density at radius 2 is 0.750 bits per heavy atom. The van der Waals surface area contributed by atoms with Crippen LogP contribution in [0.15, 0.2) is 0 Å². The molecule has 0 radical (unpaired) electrons. The summed E-state index contributed by atoms with van der Waals surface area (Å²) in [5.74, 6) is 0. The normalized spacial score (nSPS) is 0. The first kappa shape index (κ1) is 76.3. The molecule has 0 unspecified atom stereocenters. The van der Waals surface area contributed by atoms with Gasteiger partial charge in [0.2, 0.25) is 0 Å². The van der Waals surface area contributed by atoms with Crippen LogP contribution < -0.4 is 0 Å². The average molecular weight is 158 g/mol. The molecule has 0 aliphatic heterocycles. The van der Waals surface area contributed by atoms with Crippen molar-refractivity contribution in [1.29, 1.82) is 0 Å². The molecule has 0 aromatic heterocycles. The van der Waals surface area contributed by atoms with E-state index in [0.29, 0.717) is 0 Å². The molecule has 0 rings (SSSR count). The molecular formula is H2NiO2Zn. The fourth-order valence-electron chi connectivity index (χ4n) is 0. The van der Waals surface area contributed by atoms with Gasteiger partial charge in [0.05, 0.1) is 0 Å². The van der Waals surface area contributed by atoms with E-state index < -0.39 is 0 Å². The van der Waals surface area contributed by atoms with Crippen LogP contribution in [0.2, 0.25) is 0 Å². The molecule has 0 amide bonds. The third-order valence-corrected chi connectivity index (χ3v) is 0. The summed E-state index contributed by atoms with van der Waals surface area (Å²) in [6, 6.07) is 0. The summed E-state index contributed by atoms with van der Waals surface area (Å²) < 4.78 is 0. The van der Waals surface area contributed by atoms with Crippen LogP contribution in [0.4, 0.5) is 0 Å². The summed E-state index contributed by atoms with van der Waals surface area (Å²) in [4.78, 5) is 0. The van der Waals surface area contributed by atoms with Crippen molar-refractivity contribution < 1.29 is 46.9 Å². The van der Waals surface area contributed by atoms with Crippen LogP contribution in [0.1, 0.15) is 0 Å². The largest absolute Gasteiger partial charge is 2.00 e. The average Bonchev–Trinajstić information content (AvgIpc) is 0. The quantitative estimate of drug-likeness (QED) is 0.452. The van der Waals surface area contributed by atoms with Crippen molar-refractivity contribution in [3.8, 4) is 0 Å². The van der Waals surface area contributed by atoms with Crippen LogP contribution >= 0.6 is 0 Å². The molecule has 0 saturated heterocycles. The van der Waals surface area contributed by atoms with Crippen molar-refractivity contribution in [2.75, 3.05) is 0 Å². The van der Waals surface area contributed by atoms with E-state index >= 15 is 0 Å². The fraction of sp³-hybridized carbons (Fsp3) is 0. The maximum absolute atomic E-state index is 0. The number of rotatable bonds is 0. The molecule has 0 aliphatic rings. The Kier molecular flexibility index (Phi) is 661. The van der Waals surface area contributed by atoms with Crippen molar-refractivity contribution in [3.05, 3.63) is 0 Å². The maximum Gasteiger partial charge on any atom is 2.00 e. The third kappa shape index (κ3) is 11.7. The minimum atomic E-state index is 0. The molecule has 4 heteroatoms. The Balaban J connectivity index is 0. The summed E-state index contributed by atoms with van der Waals surface area (Å²) in [5.41, 5.74) is 0. The first-order valence-electron chi connectivity index (χ1n) is 0. The predicted octanol–water partition coefficient (Wildman–Crippen LogP) is -0.359. The van der Waals surface area contributed by atoms with Gasteiger partial charge in [-0.2, -0.15) is 0 Å². The molecule has 0 aromatic carbocycles. The van der Waals surface area contributed by atoms with Crippen LogP contribution in [0.3, 0.4) is 0 Å². The van der Waals surface area contributed by atoms with E-state index in [4.69, 9.17) is 0 Å². The molecule has 4 heavy (non-hydrogen) atoms. The van der Waals surface area contributed by atoms with E-state index in [1.807, 2.05) is 0 Å². The van der Waals surface area contributed by atoms with Gasteiger partial charge >= 0.3 is 16.5 Å². The van der Waals surface area contributed by atoms with Gasteiger partial charge in [-0.1, -0.05) is 0 Å². The first-order chi connectivity index (χ1) is 0. The van der Waals surface area contributed by atoms with Crippen LogP contribution in [-0.4, -0.2) is 11.0 Å². The Labute approximate surface area is 47.3 Å². The van der Waals surface area contributed by atoms with Gasteiger partial charge in [-0.25, -0.2) is 0 Å². The summed E-state index contributed by atoms with van der Waals surface area (Å²) >= 11 is 0. The maximum atomic E-state index is 0. The summed E-state index contributed by atoms with van der Waals surface area (Å²) in [5, 5.41) is 0. The molecule has 2 nitrogen and oxygen atoms in total. The van der Waals surface area contributed by atoms with Crippen LogP contribution in [0.25, 0.3) is 0 Å². The van der Waals surface area contributed by atoms with Crippen LogP contribution in [-0.2, 0) is 36.0 Å². The molecule has 2 N–H and O–H groups in total. The SMILES string of the molecule is [Ni+2].[OH-].[OH-].[Zn]. The van der Waals surface area contributed by atoms with Crippen molar-refractivity contribution in [2.45, 2.75) is 0 Å². The van der Waals surface area contributed by atoms with Gasteiger partial charge < -0.3 is 11.0 Å². The van der Waals surface area contributed by atoms with Crippen molar-refractivity contribution in [2.24, 2.45) is 0 Å². The fourth-order valence-corrected chi connectivity index (χ4v) is 0. The van der Waals surface area contributed by atoms with E-state index in [1.165, 1.54) is 0 Å². The van der Waals surface area contributed by atoms with Gasteiger partial charge in [0.1, 0.15) is 0 Å². The smallest absolute Gasteiger partial charge is 0.870 e. The topological polar surface area (TPSA) is 60.0 Å². The van der Waals surface area contributed by atoms with E-state index in [-0.39, 0.29) is 46.9 Å². The van der Waals surface area contributed by atoms with Gasteiger partial charge in [-0.05, 0) is 0 Å².